The van der Waals surface area contributed by atoms with E-state index in [9.17, 15) is 9.18 Å². The molecule has 0 radical (unpaired) electrons. The van der Waals surface area contributed by atoms with E-state index < -0.39 is 0 Å². The van der Waals surface area contributed by atoms with E-state index in [4.69, 9.17) is 0 Å². The van der Waals surface area contributed by atoms with Gasteiger partial charge in [0.05, 0.1) is 10.4 Å². The van der Waals surface area contributed by atoms with Crippen molar-refractivity contribution < 1.29 is 9.18 Å². The van der Waals surface area contributed by atoms with Crippen LogP contribution in [0.4, 0.5) is 4.39 Å². The van der Waals surface area contributed by atoms with Crippen LogP contribution in [0.15, 0.2) is 22.7 Å². The van der Waals surface area contributed by atoms with E-state index in [1.807, 2.05) is 4.90 Å². The number of nitrogens with one attached hydrogen (secondary N) is 1. The fourth-order valence-electron chi connectivity index (χ4n) is 3.00. The summed E-state index contributed by atoms with van der Waals surface area (Å²) in [6.07, 6.45) is 2.06. The molecule has 0 saturated carbocycles. The van der Waals surface area contributed by atoms with E-state index in [1.54, 1.807) is 12.1 Å². The maximum Gasteiger partial charge on any atom is 0.227 e. The van der Waals surface area contributed by atoms with Gasteiger partial charge in [0.2, 0.25) is 5.91 Å². The maximum absolute atomic E-state index is 13.2. The van der Waals surface area contributed by atoms with E-state index in [0.29, 0.717) is 17.1 Å². The van der Waals surface area contributed by atoms with Crippen molar-refractivity contribution in [3.63, 3.8) is 0 Å². The fraction of sp³-hybridized carbons (Fsp3) is 0.500. The molecule has 2 heterocycles. The number of piperidine rings is 1. The zero-order valence-electron chi connectivity index (χ0n) is 10.5. The molecule has 0 bridgehead atoms. The van der Waals surface area contributed by atoms with Crippen LogP contribution in [0.2, 0.25) is 0 Å². The lowest BCUT2D eigenvalue weighted by atomic mass is 9.94. The molecular formula is C14H16BrFN2O. The quantitative estimate of drug-likeness (QED) is 0.904. The highest BCUT2D eigenvalue weighted by Gasteiger charge is 2.41. The number of amides is 1. The van der Waals surface area contributed by atoms with Gasteiger partial charge in [0.25, 0.3) is 0 Å². The second kappa shape index (κ2) is 5.21. The zero-order valence-corrected chi connectivity index (χ0v) is 12.1. The lowest BCUT2D eigenvalue weighted by Crippen LogP contribution is -2.41. The van der Waals surface area contributed by atoms with Gasteiger partial charge in [0.1, 0.15) is 5.82 Å². The molecule has 102 valence electrons. The maximum atomic E-state index is 13.2. The van der Waals surface area contributed by atoms with Crippen molar-refractivity contribution in [2.45, 2.75) is 25.4 Å². The second-order valence-electron chi connectivity index (χ2n) is 5.28. The minimum Gasteiger partial charge on any atom is -0.336 e. The van der Waals surface area contributed by atoms with Crippen LogP contribution in [0.5, 0.6) is 0 Å². The van der Waals surface area contributed by atoms with Crippen molar-refractivity contribution in [1.82, 2.24) is 10.2 Å². The summed E-state index contributed by atoms with van der Waals surface area (Å²) in [4.78, 5) is 14.2. The Labute approximate surface area is 120 Å². The Morgan fingerprint density at radius 2 is 2.32 bits per heavy atom. The van der Waals surface area contributed by atoms with Gasteiger partial charge in [-0.05, 0) is 53.0 Å². The molecular weight excluding hydrogens is 311 g/mol. The average molecular weight is 327 g/mol. The van der Waals surface area contributed by atoms with Crippen molar-refractivity contribution in [1.29, 1.82) is 0 Å². The predicted octanol–water partition coefficient (Wildman–Crippen LogP) is 2.30. The number of rotatable bonds is 2. The van der Waals surface area contributed by atoms with Crippen molar-refractivity contribution >= 4 is 21.8 Å². The molecule has 3 rings (SSSR count). The molecule has 1 amide bonds. The number of hydrogen-bond acceptors (Lipinski definition) is 2. The molecule has 1 N–H and O–H groups in total. The van der Waals surface area contributed by atoms with Gasteiger partial charge >= 0.3 is 0 Å². The first-order valence-electron chi connectivity index (χ1n) is 6.61. The Kier molecular flexibility index (Phi) is 3.58. The van der Waals surface area contributed by atoms with Crippen LogP contribution in [0.3, 0.4) is 0 Å². The van der Waals surface area contributed by atoms with Gasteiger partial charge < -0.3 is 10.2 Å². The minimum atomic E-state index is -0.271. The fourth-order valence-corrected chi connectivity index (χ4v) is 3.43. The van der Waals surface area contributed by atoms with Crippen LogP contribution in [-0.2, 0) is 11.3 Å². The highest BCUT2D eigenvalue weighted by atomic mass is 79.9. The topological polar surface area (TPSA) is 32.3 Å². The van der Waals surface area contributed by atoms with Crippen molar-refractivity contribution in [2.75, 3.05) is 13.1 Å². The highest BCUT2D eigenvalue weighted by molar-refractivity contribution is 9.10. The first-order valence-corrected chi connectivity index (χ1v) is 7.40. The molecule has 2 aliphatic rings. The largest absolute Gasteiger partial charge is 0.336 e. The molecule has 0 aliphatic carbocycles. The molecule has 1 aromatic rings. The van der Waals surface area contributed by atoms with Crippen LogP contribution in [0.25, 0.3) is 0 Å². The third-order valence-electron chi connectivity index (χ3n) is 3.99. The second-order valence-corrected chi connectivity index (χ2v) is 6.13. The molecule has 2 fully saturated rings. The third-order valence-corrected chi connectivity index (χ3v) is 4.60. The number of hydrogen-bond donors (Lipinski definition) is 1. The van der Waals surface area contributed by atoms with Crippen molar-refractivity contribution in [3.8, 4) is 0 Å². The minimum absolute atomic E-state index is 0.137. The number of carbonyl (C=O) groups excluding carboxylic acids is 1. The summed E-state index contributed by atoms with van der Waals surface area (Å²) in [7, 11) is 0. The number of fused-ring (bicyclic) bond motifs is 1. The molecule has 2 unspecified atom stereocenters. The van der Waals surface area contributed by atoms with E-state index in [2.05, 4.69) is 21.2 Å². The van der Waals surface area contributed by atoms with Gasteiger partial charge in [-0.15, -0.1) is 0 Å². The normalized spacial score (nSPS) is 26.6. The lowest BCUT2D eigenvalue weighted by molar-refractivity contribution is -0.131. The van der Waals surface area contributed by atoms with Gasteiger partial charge in [-0.1, -0.05) is 6.07 Å². The molecule has 3 nitrogen and oxygen atoms in total. The molecule has 2 atom stereocenters. The Morgan fingerprint density at radius 3 is 3.05 bits per heavy atom. The lowest BCUT2D eigenvalue weighted by Gasteiger charge is -2.23. The summed E-state index contributed by atoms with van der Waals surface area (Å²) in [5, 5.41) is 3.42. The highest BCUT2D eigenvalue weighted by Crippen LogP contribution is 2.28. The molecule has 19 heavy (non-hydrogen) atoms. The molecule has 0 aromatic heterocycles. The summed E-state index contributed by atoms with van der Waals surface area (Å²) < 4.78 is 13.6. The smallest absolute Gasteiger partial charge is 0.227 e. The molecule has 1 aromatic carbocycles. The van der Waals surface area contributed by atoms with E-state index in [0.717, 1.165) is 31.5 Å². The number of carbonyl (C=O) groups is 1. The molecule has 2 aliphatic heterocycles. The Balaban J connectivity index is 1.73. The standard InChI is InChI=1S/C14H16BrFN2O/c15-11-6-9(3-4-12(11)16)7-18-8-13-10(14(18)19)2-1-5-17-13/h3-4,6,10,13,17H,1-2,5,7-8H2. The third kappa shape index (κ3) is 2.54. The van der Waals surface area contributed by atoms with E-state index in [-0.39, 0.29) is 17.6 Å². The summed E-state index contributed by atoms with van der Waals surface area (Å²) in [5.41, 5.74) is 0.959. The van der Waals surface area contributed by atoms with Crippen LogP contribution >= 0.6 is 15.9 Å². The molecule has 2 saturated heterocycles. The SMILES string of the molecule is O=C1C2CCCNC2CN1Cc1ccc(F)c(Br)c1. The first kappa shape index (κ1) is 13.1. The summed E-state index contributed by atoms with van der Waals surface area (Å²) >= 11 is 3.18. The van der Waals surface area contributed by atoms with Crippen LogP contribution < -0.4 is 5.32 Å². The van der Waals surface area contributed by atoms with Crippen LogP contribution in [-0.4, -0.2) is 29.9 Å². The van der Waals surface area contributed by atoms with E-state index in [1.165, 1.54) is 6.07 Å². The molecule has 5 heteroatoms. The van der Waals surface area contributed by atoms with Crippen molar-refractivity contribution in [3.05, 3.63) is 34.1 Å². The van der Waals surface area contributed by atoms with Crippen molar-refractivity contribution in [2.24, 2.45) is 5.92 Å². The van der Waals surface area contributed by atoms with Crippen LogP contribution in [0.1, 0.15) is 18.4 Å². The zero-order chi connectivity index (χ0) is 13.4. The van der Waals surface area contributed by atoms with Gasteiger partial charge in [-0.2, -0.15) is 0 Å². The number of nitrogens with zero attached hydrogens (tertiary/aromatic N) is 1. The van der Waals surface area contributed by atoms with Gasteiger partial charge in [0, 0.05) is 19.1 Å². The van der Waals surface area contributed by atoms with E-state index >= 15 is 0 Å². The summed E-state index contributed by atoms with van der Waals surface area (Å²) in [6.45, 7) is 2.33. The monoisotopic (exact) mass is 326 g/mol. The molecule has 0 spiro atoms. The number of likely N-dealkylation sites (tertiary alicyclic amines) is 1. The van der Waals surface area contributed by atoms with Gasteiger partial charge in [0.15, 0.2) is 0 Å². The Hall–Kier alpha value is -0.940. The number of benzene rings is 1. The summed E-state index contributed by atoms with van der Waals surface area (Å²) in [6, 6.07) is 5.22. The van der Waals surface area contributed by atoms with Gasteiger partial charge in [-0.25, -0.2) is 4.39 Å². The first-order chi connectivity index (χ1) is 9.15. The summed E-state index contributed by atoms with van der Waals surface area (Å²) in [5.74, 6) is 0.0992. The Bertz CT molecular complexity index is 508. The van der Waals surface area contributed by atoms with Crippen LogP contribution in [0, 0.1) is 11.7 Å². The average Bonchev–Trinajstić information content (AvgIpc) is 2.72. The Morgan fingerprint density at radius 1 is 1.47 bits per heavy atom. The number of halogens is 2. The predicted molar refractivity (Wildman–Crippen MR) is 74.0 cm³/mol. The van der Waals surface area contributed by atoms with Gasteiger partial charge in [-0.3, -0.25) is 4.79 Å².